The van der Waals surface area contributed by atoms with Crippen LogP contribution in [0.3, 0.4) is 0 Å². The summed E-state index contributed by atoms with van der Waals surface area (Å²) in [6.07, 6.45) is 0. The van der Waals surface area contributed by atoms with Crippen molar-refractivity contribution in [1.82, 2.24) is 0 Å². The monoisotopic (exact) mass is 208 g/mol. The highest BCUT2D eigenvalue weighted by molar-refractivity contribution is 6.88. The van der Waals surface area contributed by atoms with E-state index >= 15 is 0 Å². The van der Waals surface area contributed by atoms with Gasteiger partial charge in [0.2, 0.25) is 0 Å². The molecular formula is C7H20O3Si2. The lowest BCUT2D eigenvalue weighted by Gasteiger charge is -2.35. The zero-order chi connectivity index (χ0) is 9.99. The van der Waals surface area contributed by atoms with E-state index in [1.54, 1.807) is 14.2 Å². The molecule has 1 atom stereocenters. The molecular weight excluding hydrogens is 188 g/mol. The van der Waals surface area contributed by atoms with Crippen molar-refractivity contribution in [2.45, 2.75) is 31.7 Å². The van der Waals surface area contributed by atoms with Crippen LogP contribution in [0.1, 0.15) is 6.92 Å². The van der Waals surface area contributed by atoms with Crippen LogP contribution < -0.4 is 0 Å². The van der Waals surface area contributed by atoms with E-state index in [9.17, 15) is 4.80 Å². The maximum atomic E-state index is 9.90. The third-order valence-electron chi connectivity index (χ3n) is 2.66. The van der Waals surface area contributed by atoms with Gasteiger partial charge in [-0.05, 0) is 19.6 Å². The molecule has 0 heterocycles. The van der Waals surface area contributed by atoms with Crippen LogP contribution >= 0.6 is 0 Å². The Morgan fingerprint density at radius 1 is 1.08 bits per heavy atom. The fourth-order valence-electron chi connectivity index (χ4n) is 1.08. The van der Waals surface area contributed by atoms with Gasteiger partial charge in [0, 0.05) is 19.4 Å². The Hall–Kier alpha value is 0.314. The van der Waals surface area contributed by atoms with Crippen LogP contribution in [0.25, 0.3) is 0 Å². The van der Waals surface area contributed by atoms with E-state index in [2.05, 4.69) is 0 Å². The van der Waals surface area contributed by atoms with Crippen molar-refractivity contribution in [3.8, 4) is 0 Å². The first-order chi connectivity index (χ1) is 5.28. The molecule has 3 nitrogen and oxygen atoms in total. The highest BCUT2D eigenvalue weighted by atomic mass is 28.4. The Labute approximate surface area is 77.1 Å². The van der Waals surface area contributed by atoms with Gasteiger partial charge < -0.3 is 13.6 Å². The molecule has 0 spiro atoms. The lowest BCUT2D eigenvalue weighted by Crippen LogP contribution is -2.51. The van der Waals surface area contributed by atoms with E-state index < -0.39 is 16.9 Å². The van der Waals surface area contributed by atoms with Crippen molar-refractivity contribution in [1.29, 1.82) is 0 Å². The molecule has 0 amide bonds. The smallest absolute Gasteiger partial charge is 0.336 e. The molecule has 1 unspecified atom stereocenters. The van der Waals surface area contributed by atoms with Gasteiger partial charge in [-0.15, -0.1) is 0 Å². The lowest BCUT2D eigenvalue weighted by molar-refractivity contribution is 0.244. The molecule has 0 aromatic rings. The summed E-state index contributed by atoms with van der Waals surface area (Å²) in [6, 6.07) is 0. The van der Waals surface area contributed by atoms with E-state index in [0.29, 0.717) is 0 Å². The SMILES string of the molecule is CO[Si](C)(OC)C(C)[Si](C)(C)O. The largest absolute Gasteiger partial charge is 0.432 e. The molecule has 0 saturated carbocycles. The Balaban J connectivity index is 4.53. The molecule has 0 fully saturated rings. The third kappa shape index (κ3) is 2.67. The summed E-state index contributed by atoms with van der Waals surface area (Å²) in [7, 11) is -0.932. The molecule has 0 bridgehead atoms. The predicted molar refractivity (Wildman–Crippen MR) is 54.8 cm³/mol. The predicted octanol–water partition coefficient (Wildman–Crippen LogP) is 1.48. The van der Waals surface area contributed by atoms with Gasteiger partial charge in [0.15, 0.2) is 8.32 Å². The standard InChI is InChI=1S/C7H20O3Si2/c1-7(11(4,5)8)12(6,9-2)10-3/h7-8H,1-6H3. The molecule has 0 aliphatic heterocycles. The van der Waals surface area contributed by atoms with Gasteiger partial charge >= 0.3 is 8.56 Å². The molecule has 12 heavy (non-hydrogen) atoms. The van der Waals surface area contributed by atoms with Crippen molar-refractivity contribution in [3.63, 3.8) is 0 Å². The molecule has 0 radical (unpaired) electrons. The Morgan fingerprint density at radius 2 is 1.42 bits per heavy atom. The summed E-state index contributed by atoms with van der Waals surface area (Å²) in [6.45, 7) is 7.84. The third-order valence-corrected chi connectivity index (χ3v) is 11.7. The van der Waals surface area contributed by atoms with Gasteiger partial charge in [-0.1, -0.05) is 6.92 Å². The molecule has 74 valence electrons. The first kappa shape index (κ1) is 12.3. The quantitative estimate of drug-likeness (QED) is 0.711. The average Bonchev–Trinajstić information content (AvgIpc) is 2.00. The van der Waals surface area contributed by atoms with E-state index in [4.69, 9.17) is 8.85 Å². The van der Waals surface area contributed by atoms with Crippen molar-refractivity contribution in [2.75, 3.05) is 14.2 Å². The van der Waals surface area contributed by atoms with E-state index in [-0.39, 0.29) is 5.16 Å². The van der Waals surface area contributed by atoms with Gasteiger partial charge in [-0.25, -0.2) is 0 Å². The highest BCUT2D eigenvalue weighted by Gasteiger charge is 2.45. The number of hydrogen-bond donors (Lipinski definition) is 1. The molecule has 0 aliphatic carbocycles. The molecule has 0 aliphatic rings. The van der Waals surface area contributed by atoms with Crippen molar-refractivity contribution in [3.05, 3.63) is 0 Å². The first-order valence-corrected chi connectivity index (χ1v) is 9.52. The number of hydrogen-bond acceptors (Lipinski definition) is 3. The first-order valence-electron chi connectivity index (χ1n) is 4.10. The van der Waals surface area contributed by atoms with Gasteiger partial charge in [-0.2, -0.15) is 0 Å². The minimum atomic E-state index is -2.13. The van der Waals surface area contributed by atoms with Crippen LogP contribution in [-0.2, 0) is 8.85 Å². The summed E-state index contributed by atoms with van der Waals surface area (Å²) >= 11 is 0. The van der Waals surface area contributed by atoms with E-state index in [1.807, 2.05) is 26.6 Å². The summed E-state index contributed by atoms with van der Waals surface area (Å²) in [4.78, 5) is 9.90. The zero-order valence-electron chi connectivity index (χ0n) is 8.84. The van der Waals surface area contributed by atoms with Crippen LogP contribution in [-0.4, -0.2) is 35.9 Å². The Morgan fingerprint density at radius 3 is 1.50 bits per heavy atom. The summed E-state index contributed by atoms with van der Waals surface area (Å²) < 4.78 is 10.7. The molecule has 1 N–H and O–H groups in total. The molecule has 5 heteroatoms. The fourth-order valence-corrected chi connectivity index (χ4v) is 7.79. The maximum Gasteiger partial charge on any atom is 0.336 e. The molecule has 0 aromatic carbocycles. The summed E-state index contributed by atoms with van der Waals surface area (Å²) in [5.74, 6) is 0. The van der Waals surface area contributed by atoms with Crippen LogP contribution in [0, 0.1) is 0 Å². The van der Waals surface area contributed by atoms with Gasteiger partial charge in [0.25, 0.3) is 0 Å². The van der Waals surface area contributed by atoms with E-state index in [0.717, 1.165) is 0 Å². The van der Waals surface area contributed by atoms with Gasteiger partial charge in [0.1, 0.15) is 0 Å². The van der Waals surface area contributed by atoms with E-state index in [1.165, 1.54) is 0 Å². The summed E-state index contributed by atoms with van der Waals surface area (Å²) in [5, 5.41) is 0.181. The maximum absolute atomic E-state index is 9.90. The van der Waals surface area contributed by atoms with Crippen LogP contribution in [0.2, 0.25) is 24.8 Å². The van der Waals surface area contributed by atoms with Crippen LogP contribution in [0.5, 0.6) is 0 Å². The van der Waals surface area contributed by atoms with Gasteiger partial charge in [0.05, 0.1) is 0 Å². The van der Waals surface area contributed by atoms with Crippen LogP contribution in [0.4, 0.5) is 0 Å². The van der Waals surface area contributed by atoms with Gasteiger partial charge in [-0.3, -0.25) is 0 Å². The minimum absolute atomic E-state index is 0.181. The number of rotatable bonds is 4. The lowest BCUT2D eigenvalue weighted by atomic mass is 10.9. The van der Waals surface area contributed by atoms with Crippen molar-refractivity contribution in [2.24, 2.45) is 0 Å². The van der Waals surface area contributed by atoms with Crippen molar-refractivity contribution < 1.29 is 13.6 Å². The second kappa shape index (κ2) is 4.01. The Bertz CT molecular complexity index is 140. The second-order valence-corrected chi connectivity index (χ2v) is 12.3. The average molecular weight is 208 g/mol. The fraction of sp³-hybridized carbons (Fsp3) is 1.00. The molecule has 0 rings (SSSR count). The second-order valence-electron chi connectivity index (χ2n) is 3.80. The highest BCUT2D eigenvalue weighted by Crippen LogP contribution is 2.30. The van der Waals surface area contributed by atoms with Crippen LogP contribution in [0.15, 0.2) is 0 Å². The Kier molecular flexibility index (Phi) is 4.12. The molecule has 0 saturated heterocycles. The topological polar surface area (TPSA) is 38.7 Å². The van der Waals surface area contributed by atoms with Crippen molar-refractivity contribution >= 4 is 16.9 Å². The molecule has 0 aromatic heterocycles. The minimum Gasteiger partial charge on any atom is -0.432 e. The zero-order valence-corrected chi connectivity index (χ0v) is 10.8. The summed E-state index contributed by atoms with van der Waals surface area (Å²) in [5.41, 5.74) is 0. The normalized spacial score (nSPS) is 16.2.